The van der Waals surface area contributed by atoms with Crippen LogP contribution in [0.3, 0.4) is 0 Å². The number of likely N-dealkylation sites (tertiary alicyclic amines) is 1. The Morgan fingerprint density at radius 2 is 1.46 bits per heavy atom. The molecule has 2 aliphatic rings. The summed E-state index contributed by atoms with van der Waals surface area (Å²) in [6.45, 7) is 3.73. The van der Waals surface area contributed by atoms with E-state index in [1.54, 1.807) is 0 Å². The summed E-state index contributed by atoms with van der Waals surface area (Å²) in [4.78, 5) is 26.3. The van der Waals surface area contributed by atoms with Crippen LogP contribution in [-0.2, 0) is 9.59 Å². The standard InChI is InChI=1S/C20H30N4O2/c25-19(14-21-13-16-5-6-16)22-17-7-9-18(10-8-17)23-20(26)15-24-11-3-1-2-4-12-24/h7-10,16,21H,1-6,11-15H2,(H,22,25)(H,23,26). The lowest BCUT2D eigenvalue weighted by Crippen LogP contribution is -2.33. The Kier molecular flexibility index (Phi) is 7.03. The number of rotatable bonds is 8. The molecule has 3 rings (SSSR count). The molecule has 2 amide bonds. The quantitative estimate of drug-likeness (QED) is 0.667. The second kappa shape index (κ2) is 9.69. The molecule has 0 spiro atoms. The second-order valence-electron chi connectivity index (χ2n) is 7.44. The number of carbonyl (C=O) groups excluding carboxylic acids is 2. The number of anilines is 2. The second-order valence-corrected chi connectivity index (χ2v) is 7.44. The van der Waals surface area contributed by atoms with Gasteiger partial charge in [0.05, 0.1) is 13.1 Å². The van der Waals surface area contributed by atoms with E-state index in [1.807, 2.05) is 24.3 Å². The average molecular weight is 358 g/mol. The van der Waals surface area contributed by atoms with Crippen LogP contribution >= 0.6 is 0 Å². The summed E-state index contributed by atoms with van der Waals surface area (Å²) < 4.78 is 0. The Morgan fingerprint density at radius 3 is 2.04 bits per heavy atom. The highest BCUT2D eigenvalue weighted by Gasteiger charge is 2.20. The predicted molar refractivity (Wildman–Crippen MR) is 104 cm³/mol. The molecule has 1 aromatic carbocycles. The van der Waals surface area contributed by atoms with Crippen molar-refractivity contribution in [3.8, 4) is 0 Å². The molecule has 1 aliphatic carbocycles. The Morgan fingerprint density at radius 1 is 0.885 bits per heavy atom. The number of nitrogens with zero attached hydrogens (tertiary/aromatic N) is 1. The molecule has 0 atom stereocenters. The third-order valence-corrected chi connectivity index (χ3v) is 4.93. The molecule has 2 fully saturated rings. The van der Waals surface area contributed by atoms with Gasteiger partial charge in [0.15, 0.2) is 0 Å². The average Bonchev–Trinajstić information content (AvgIpc) is 3.44. The molecule has 26 heavy (non-hydrogen) atoms. The fourth-order valence-electron chi connectivity index (χ4n) is 3.25. The van der Waals surface area contributed by atoms with Crippen LogP contribution in [0.25, 0.3) is 0 Å². The van der Waals surface area contributed by atoms with Crippen LogP contribution in [0.2, 0.25) is 0 Å². The minimum Gasteiger partial charge on any atom is -0.325 e. The van der Waals surface area contributed by atoms with Gasteiger partial charge in [0.2, 0.25) is 11.8 Å². The van der Waals surface area contributed by atoms with Gasteiger partial charge >= 0.3 is 0 Å². The van der Waals surface area contributed by atoms with Crippen LogP contribution in [0, 0.1) is 5.92 Å². The molecule has 3 N–H and O–H groups in total. The fourth-order valence-corrected chi connectivity index (χ4v) is 3.25. The molecule has 1 heterocycles. The summed E-state index contributed by atoms with van der Waals surface area (Å²) in [5, 5.41) is 8.98. The monoisotopic (exact) mass is 358 g/mol. The van der Waals surface area contributed by atoms with E-state index in [1.165, 1.54) is 38.5 Å². The van der Waals surface area contributed by atoms with Crippen molar-refractivity contribution in [2.45, 2.75) is 38.5 Å². The molecular formula is C20H30N4O2. The largest absolute Gasteiger partial charge is 0.325 e. The summed E-state index contributed by atoms with van der Waals surface area (Å²) in [6, 6.07) is 7.29. The normalized spacial score (nSPS) is 18.2. The first-order valence-electron chi connectivity index (χ1n) is 9.82. The first kappa shape index (κ1) is 18.9. The molecule has 0 aromatic heterocycles. The van der Waals surface area contributed by atoms with Crippen molar-refractivity contribution in [3.63, 3.8) is 0 Å². The zero-order chi connectivity index (χ0) is 18.2. The number of benzene rings is 1. The summed E-state index contributed by atoms with van der Waals surface area (Å²) in [6.07, 6.45) is 7.44. The predicted octanol–water partition coefficient (Wildman–Crippen LogP) is 2.44. The number of hydrogen-bond acceptors (Lipinski definition) is 4. The van der Waals surface area contributed by atoms with E-state index in [4.69, 9.17) is 0 Å². The van der Waals surface area contributed by atoms with E-state index >= 15 is 0 Å². The Labute approximate surface area is 155 Å². The lowest BCUT2D eigenvalue weighted by molar-refractivity contribution is -0.117. The summed E-state index contributed by atoms with van der Waals surface area (Å²) in [5.41, 5.74) is 1.50. The van der Waals surface area contributed by atoms with Crippen molar-refractivity contribution in [1.82, 2.24) is 10.2 Å². The summed E-state index contributed by atoms with van der Waals surface area (Å²) in [5.74, 6) is 0.747. The van der Waals surface area contributed by atoms with Crippen molar-refractivity contribution < 1.29 is 9.59 Å². The van der Waals surface area contributed by atoms with E-state index in [-0.39, 0.29) is 11.8 Å². The third kappa shape index (κ3) is 6.77. The number of amides is 2. The summed E-state index contributed by atoms with van der Waals surface area (Å²) in [7, 11) is 0. The minimum atomic E-state index is -0.0383. The Bertz CT molecular complexity index is 590. The highest BCUT2D eigenvalue weighted by Crippen LogP contribution is 2.27. The van der Waals surface area contributed by atoms with Gasteiger partial charge < -0.3 is 16.0 Å². The van der Waals surface area contributed by atoms with Gasteiger partial charge in [-0.05, 0) is 75.5 Å². The van der Waals surface area contributed by atoms with Gasteiger partial charge in [-0.1, -0.05) is 12.8 Å². The van der Waals surface area contributed by atoms with Crippen LogP contribution < -0.4 is 16.0 Å². The molecule has 6 heteroatoms. The van der Waals surface area contributed by atoms with Crippen molar-refractivity contribution in [3.05, 3.63) is 24.3 Å². The topological polar surface area (TPSA) is 73.5 Å². The van der Waals surface area contributed by atoms with Crippen LogP contribution in [0.5, 0.6) is 0 Å². The number of hydrogen-bond donors (Lipinski definition) is 3. The molecule has 0 radical (unpaired) electrons. The van der Waals surface area contributed by atoms with Crippen LogP contribution in [0.15, 0.2) is 24.3 Å². The number of nitrogens with one attached hydrogen (secondary N) is 3. The SMILES string of the molecule is O=C(CNCC1CC1)Nc1ccc(NC(=O)CN2CCCCCC2)cc1. The van der Waals surface area contributed by atoms with E-state index in [9.17, 15) is 9.59 Å². The van der Waals surface area contributed by atoms with Gasteiger partial charge in [-0.25, -0.2) is 0 Å². The zero-order valence-electron chi connectivity index (χ0n) is 15.4. The lowest BCUT2D eigenvalue weighted by Gasteiger charge is -2.19. The van der Waals surface area contributed by atoms with Gasteiger partial charge in [-0.15, -0.1) is 0 Å². The van der Waals surface area contributed by atoms with Crippen molar-refractivity contribution in [2.75, 3.05) is 43.4 Å². The fraction of sp³-hybridized carbons (Fsp3) is 0.600. The molecule has 142 valence electrons. The maximum atomic E-state index is 12.2. The van der Waals surface area contributed by atoms with Crippen LogP contribution in [0.1, 0.15) is 38.5 Å². The van der Waals surface area contributed by atoms with E-state index in [0.29, 0.717) is 13.1 Å². The van der Waals surface area contributed by atoms with Crippen LogP contribution in [-0.4, -0.2) is 49.4 Å². The van der Waals surface area contributed by atoms with E-state index in [0.717, 1.165) is 36.9 Å². The molecule has 0 bridgehead atoms. The molecule has 1 saturated heterocycles. The zero-order valence-corrected chi connectivity index (χ0v) is 15.4. The molecule has 1 aliphatic heterocycles. The molecule has 0 unspecified atom stereocenters. The first-order valence-corrected chi connectivity index (χ1v) is 9.82. The van der Waals surface area contributed by atoms with Gasteiger partial charge in [-0.2, -0.15) is 0 Å². The minimum absolute atomic E-state index is 0.0213. The maximum absolute atomic E-state index is 12.2. The highest BCUT2D eigenvalue weighted by molar-refractivity contribution is 5.94. The van der Waals surface area contributed by atoms with Crippen molar-refractivity contribution >= 4 is 23.2 Å². The highest BCUT2D eigenvalue weighted by atomic mass is 16.2. The summed E-state index contributed by atoms with van der Waals surface area (Å²) >= 11 is 0. The lowest BCUT2D eigenvalue weighted by atomic mass is 10.2. The van der Waals surface area contributed by atoms with E-state index in [2.05, 4.69) is 20.9 Å². The molecule has 1 saturated carbocycles. The van der Waals surface area contributed by atoms with Crippen molar-refractivity contribution in [1.29, 1.82) is 0 Å². The molecule has 6 nitrogen and oxygen atoms in total. The molecular weight excluding hydrogens is 328 g/mol. The molecule has 1 aromatic rings. The maximum Gasteiger partial charge on any atom is 0.238 e. The Hall–Kier alpha value is -1.92. The van der Waals surface area contributed by atoms with Gasteiger partial charge in [-0.3, -0.25) is 14.5 Å². The van der Waals surface area contributed by atoms with Gasteiger partial charge in [0.25, 0.3) is 0 Å². The number of carbonyl (C=O) groups is 2. The van der Waals surface area contributed by atoms with E-state index < -0.39 is 0 Å². The van der Waals surface area contributed by atoms with Gasteiger partial charge in [0.1, 0.15) is 0 Å². The Balaban J connectivity index is 1.38. The van der Waals surface area contributed by atoms with Crippen LogP contribution in [0.4, 0.5) is 11.4 Å². The van der Waals surface area contributed by atoms with Gasteiger partial charge in [0, 0.05) is 11.4 Å². The smallest absolute Gasteiger partial charge is 0.238 e. The third-order valence-electron chi connectivity index (χ3n) is 4.93. The first-order chi connectivity index (χ1) is 12.7. The van der Waals surface area contributed by atoms with Crippen molar-refractivity contribution in [2.24, 2.45) is 5.92 Å².